The number of rotatable bonds is 4. The van der Waals surface area contributed by atoms with Gasteiger partial charge in [-0.15, -0.1) is 11.8 Å². The molecule has 3 unspecified atom stereocenters. The fraction of sp³-hybridized carbons (Fsp3) is 0.364. The lowest BCUT2D eigenvalue weighted by Crippen LogP contribution is -2.52. The van der Waals surface area contributed by atoms with Gasteiger partial charge in [0.2, 0.25) is 5.91 Å². The molecule has 2 heterocycles. The van der Waals surface area contributed by atoms with Gasteiger partial charge in [-0.2, -0.15) is 0 Å². The van der Waals surface area contributed by atoms with E-state index in [4.69, 9.17) is 4.42 Å². The maximum atomic E-state index is 12.9. The van der Waals surface area contributed by atoms with Crippen molar-refractivity contribution in [2.45, 2.75) is 37.1 Å². The molecule has 1 aliphatic carbocycles. The number of carbonyl (C=O) groups excluding carboxylic acids is 2. The zero-order valence-electron chi connectivity index (χ0n) is 15.8. The Morgan fingerprint density at radius 2 is 2.07 bits per heavy atom. The van der Waals surface area contributed by atoms with Gasteiger partial charge >= 0.3 is 0 Å². The van der Waals surface area contributed by atoms with E-state index in [1.54, 1.807) is 18.0 Å². The van der Waals surface area contributed by atoms with Crippen molar-refractivity contribution in [3.8, 4) is 0 Å². The Kier molecular flexibility index (Phi) is 5.57. The van der Waals surface area contributed by atoms with Crippen LogP contribution in [0.3, 0.4) is 0 Å². The van der Waals surface area contributed by atoms with E-state index in [9.17, 15) is 9.59 Å². The number of carbonyl (C=O) groups is 2. The minimum absolute atomic E-state index is 0.0475. The van der Waals surface area contributed by atoms with Crippen molar-refractivity contribution < 1.29 is 14.0 Å². The molecule has 6 heteroatoms. The van der Waals surface area contributed by atoms with Crippen LogP contribution in [0.15, 0.2) is 58.1 Å². The molecule has 28 heavy (non-hydrogen) atoms. The van der Waals surface area contributed by atoms with Crippen LogP contribution in [0.4, 0.5) is 0 Å². The maximum Gasteiger partial charge on any atom is 0.260 e. The summed E-state index contributed by atoms with van der Waals surface area (Å²) in [6.07, 6.45) is 6.06. The van der Waals surface area contributed by atoms with Crippen molar-refractivity contribution in [1.29, 1.82) is 0 Å². The first-order valence-electron chi connectivity index (χ1n) is 9.62. The summed E-state index contributed by atoms with van der Waals surface area (Å²) in [6.45, 7) is 0.407. The average Bonchev–Trinajstić information content (AvgIpc) is 3.24. The predicted octanol–water partition coefficient (Wildman–Crippen LogP) is 3.68. The Morgan fingerprint density at radius 3 is 2.82 bits per heavy atom. The Labute approximate surface area is 169 Å². The highest BCUT2D eigenvalue weighted by molar-refractivity contribution is 8.04. The second kappa shape index (κ2) is 8.27. The summed E-state index contributed by atoms with van der Waals surface area (Å²) in [5.74, 6) is 0.781. The molecule has 1 saturated carbocycles. The molecule has 4 rings (SSSR count). The third-order valence-corrected chi connectivity index (χ3v) is 6.95. The van der Waals surface area contributed by atoms with Gasteiger partial charge < -0.3 is 14.6 Å². The Morgan fingerprint density at radius 1 is 1.25 bits per heavy atom. The third kappa shape index (κ3) is 4.02. The monoisotopic (exact) mass is 396 g/mol. The first kappa shape index (κ1) is 18.9. The zero-order chi connectivity index (χ0) is 19.5. The molecule has 0 spiro atoms. The van der Waals surface area contributed by atoms with E-state index in [-0.39, 0.29) is 23.8 Å². The molecule has 1 aliphatic heterocycles. The van der Waals surface area contributed by atoms with Crippen molar-refractivity contribution >= 4 is 29.7 Å². The number of likely N-dealkylation sites (N-methyl/N-ethyl adjacent to an activating group) is 1. The van der Waals surface area contributed by atoms with Crippen LogP contribution in [0.2, 0.25) is 0 Å². The van der Waals surface area contributed by atoms with Gasteiger partial charge in [-0.25, -0.2) is 0 Å². The second-order valence-electron chi connectivity index (χ2n) is 7.37. The minimum Gasteiger partial charge on any atom is -0.467 e. The molecule has 146 valence electrons. The molecule has 3 atom stereocenters. The van der Waals surface area contributed by atoms with E-state index in [0.717, 1.165) is 29.1 Å². The highest BCUT2D eigenvalue weighted by atomic mass is 32.2. The Balaban J connectivity index is 1.40. The number of hydrogen-bond acceptors (Lipinski definition) is 4. The molecule has 5 nitrogen and oxygen atoms in total. The summed E-state index contributed by atoms with van der Waals surface area (Å²) >= 11 is 1.67. The van der Waals surface area contributed by atoms with Crippen molar-refractivity contribution in [3.05, 3.63) is 65.0 Å². The van der Waals surface area contributed by atoms with Crippen molar-refractivity contribution in [3.63, 3.8) is 0 Å². The molecule has 1 saturated heterocycles. The number of fused-ring (bicyclic) bond motifs is 1. The van der Waals surface area contributed by atoms with Crippen LogP contribution in [0, 0.1) is 5.92 Å². The number of amides is 2. The highest BCUT2D eigenvalue weighted by Gasteiger charge is 2.42. The van der Waals surface area contributed by atoms with Gasteiger partial charge in [0.25, 0.3) is 5.91 Å². The number of hydrogen-bond donors (Lipinski definition) is 1. The molecular formula is C22H24N2O3S. The first-order chi connectivity index (χ1) is 13.6. The largest absolute Gasteiger partial charge is 0.467 e. The van der Waals surface area contributed by atoms with Gasteiger partial charge in [0.15, 0.2) is 0 Å². The van der Waals surface area contributed by atoms with Crippen LogP contribution < -0.4 is 5.32 Å². The Hall–Kier alpha value is -2.47. The summed E-state index contributed by atoms with van der Waals surface area (Å²) in [7, 11) is 1.86. The lowest BCUT2D eigenvalue weighted by Gasteiger charge is -2.44. The predicted molar refractivity (Wildman–Crippen MR) is 110 cm³/mol. The number of thioether (sulfide) groups is 1. The molecule has 0 bridgehead atoms. The molecule has 1 N–H and O–H groups in total. The van der Waals surface area contributed by atoms with Crippen molar-refractivity contribution in [2.75, 3.05) is 7.05 Å². The molecule has 1 aromatic carbocycles. The van der Waals surface area contributed by atoms with Crippen LogP contribution >= 0.6 is 11.8 Å². The average molecular weight is 397 g/mol. The summed E-state index contributed by atoms with van der Waals surface area (Å²) in [6, 6.07) is 13.7. The third-order valence-electron chi connectivity index (χ3n) is 5.55. The van der Waals surface area contributed by atoms with Gasteiger partial charge in [-0.05, 0) is 43.0 Å². The van der Waals surface area contributed by atoms with Crippen LogP contribution in [0.25, 0.3) is 6.08 Å². The van der Waals surface area contributed by atoms with Crippen molar-refractivity contribution in [1.82, 2.24) is 10.2 Å². The lowest BCUT2D eigenvalue weighted by atomic mass is 9.83. The first-order valence-corrected chi connectivity index (χ1v) is 10.5. The van der Waals surface area contributed by atoms with E-state index in [0.29, 0.717) is 18.2 Å². The van der Waals surface area contributed by atoms with E-state index in [1.165, 1.54) is 0 Å². The van der Waals surface area contributed by atoms with E-state index in [1.807, 2.05) is 60.5 Å². The van der Waals surface area contributed by atoms with Gasteiger partial charge in [-0.3, -0.25) is 9.59 Å². The van der Waals surface area contributed by atoms with Crippen LogP contribution in [-0.4, -0.2) is 35.1 Å². The minimum atomic E-state index is -0.0632. The second-order valence-corrected chi connectivity index (χ2v) is 8.65. The molecular weight excluding hydrogens is 372 g/mol. The van der Waals surface area contributed by atoms with E-state index in [2.05, 4.69) is 5.32 Å². The molecule has 0 radical (unpaired) electrons. The molecule has 2 amide bonds. The SMILES string of the molecule is CN1C(=O)/C(=C\c2ccccc2)SC2CCC(C(=O)NCc3ccco3)CC21. The highest BCUT2D eigenvalue weighted by Crippen LogP contribution is 2.43. The zero-order valence-corrected chi connectivity index (χ0v) is 16.7. The quantitative estimate of drug-likeness (QED) is 0.801. The Bertz CT molecular complexity index is 863. The summed E-state index contributed by atoms with van der Waals surface area (Å²) in [5.41, 5.74) is 1.04. The fourth-order valence-electron chi connectivity index (χ4n) is 3.97. The van der Waals surface area contributed by atoms with Crippen LogP contribution in [0.5, 0.6) is 0 Å². The number of nitrogens with one attached hydrogen (secondary N) is 1. The summed E-state index contributed by atoms with van der Waals surface area (Å²) in [4.78, 5) is 28.1. The van der Waals surface area contributed by atoms with Gasteiger partial charge in [0.05, 0.1) is 17.7 Å². The fourth-order valence-corrected chi connectivity index (χ4v) is 5.45. The molecule has 1 aromatic heterocycles. The smallest absolute Gasteiger partial charge is 0.260 e. The van der Waals surface area contributed by atoms with Gasteiger partial charge in [-0.1, -0.05) is 30.3 Å². The van der Waals surface area contributed by atoms with Crippen LogP contribution in [-0.2, 0) is 16.1 Å². The van der Waals surface area contributed by atoms with Crippen molar-refractivity contribution in [2.24, 2.45) is 5.92 Å². The summed E-state index contributed by atoms with van der Waals surface area (Å²) < 4.78 is 5.27. The lowest BCUT2D eigenvalue weighted by molar-refractivity contribution is -0.132. The van der Waals surface area contributed by atoms with Gasteiger partial charge in [0.1, 0.15) is 5.76 Å². The maximum absolute atomic E-state index is 12.9. The van der Waals surface area contributed by atoms with Crippen LogP contribution in [0.1, 0.15) is 30.6 Å². The normalized spacial score (nSPS) is 26.2. The topological polar surface area (TPSA) is 62.6 Å². The molecule has 2 fully saturated rings. The molecule has 2 aromatic rings. The summed E-state index contributed by atoms with van der Waals surface area (Å²) in [5, 5.41) is 3.30. The van der Waals surface area contributed by atoms with E-state index >= 15 is 0 Å². The number of nitrogens with zero attached hydrogens (tertiary/aromatic N) is 1. The van der Waals surface area contributed by atoms with E-state index < -0.39 is 0 Å². The molecule has 2 aliphatic rings. The van der Waals surface area contributed by atoms with Gasteiger partial charge in [0, 0.05) is 24.3 Å². The number of furan rings is 1. The number of benzene rings is 1. The standard InChI is InChI=1S/C22H24N2O3S/c1-24-18-13-16(21(25)23-14-17-8-5-11-27-17)9-10-19(18)28-20(22(24)26)12-15-6-3-2-4-7-15/h2-8,11-12,16,18-19H,9-10,13-14H2,1H3,(H,23,25)/b20-12+.